The summed E-state index contributed by atoms with van der Waals surface area (Å²) in [6, 6.07) is -1.52. The minimum absolute atomic E-state index is 0.00418. The summed E-state index contributed by atoms with van der Waals surface area (Å²) in [5.41, 5.74) is 10.1. The summed E-state index contributed by atoms with van der Waals surface area (Å²) in [6.45, 7) is -5.46. The molecule has 0 radical (unpaired) electrons. The van der Waals surface area contributed by atoms with E-state index in [-0.39, 0.29) is 55.0 Å². The normalized spacial score (nSPS) is 13.2. The third-order valence-corrected chi connectivity index (χ3v) is 14.1. The topological polar surface area (TPSA) is 356 Å². The molecule has 2 aromatic rings. The predicted octanol–water partition coefficient (Wildman–Crippen LogP) is -1.09. The number of benzene rings is 2. The first-order valence-electron chi connectivity index (χ1n) is 16.1. The molecule has 4 unspecified atom stereocenters. The molecule has 0 aliphatic heterocycles. The third kappa shape index (κ3) is 13.0. The number of carbonyl (C=O) groups excluding carboxylic acids is 6. The molecule has 2 aromatic carbocycles. The molecule has 58 heavy (non-hydrogen) atoms. The van der Waals surface area contributed by atoms with Gasteiger partial charge in [0, 0.05) is 20.2 Å². The van der Waals surface area contributed by atoms with E-state index in [4.69, 9.17) is 11.5 Å². The first-order valence-corrected chi connectivity index (χ1v) is 22.6. The van der Waals surface area contributed by atoms with Gasteiger partial charge in [0.2, 0.25) is 11.8 Å². The van der Waals surface area contributed by atoms with Crippen LogP contribution in [0.3, 0.4) is 0 Å². The van der Waals surface area contributed by atoms with E-state index >= 15 is 0 Å². The molecule has 21 nitrogen and oxygen atoms in total. The minimum atomic E-state index is -1.66. The highest BCUT2D eigenvalue weighted by Gasteiger charge is 2.37. The highest BCUT2D eigenvalue weighted by Crippen LogP contribution is 2.40. The maximum atomic E-state index is 14.4. The highest BCUT2D eigenvalue weighted by molar-refractivity contribution is 14.1. The van der Waals surface area contributed by atoms with E-state index in [1.807, 2.05) is 0 Å². The van der Waals surface area contributed by atoms with Crippen molar-refractivity contribution in [3.05, 3.63) is 48.6 Å². The van der Waals surface area contributed by atoms with Gasteiger partial charge in [-0.1, -0.05) is 5.18 Å². The van der Waals surface area contributed by atoms with Gasteiger partial charge in [0.1, 0.15) is 12.5 Å². The third-order valence-electron chi connectivity index (χ3n) is 7.75. The van der Waals surface area contributed by atoms with Crippen molar-refractivity contribution in [2.24, 2.45) is 16.6 Å². The van der Waals surface area contributed by atoms with Crippen molar-refractivity contribution in [2.75, 3.05) is 62.4 Å². The molecule has 2 rings (SSSR count). The maximum absolute atomic E-state index is 14.4. The largest absolute Gasteiger partial charge is 0.394 e. The molecule has 6 amide bonds. The van der Waals surface area contributed by atoms with Crippen molar-refractivity contribution >= 4 is 182 Å². The number of nitrogens with zero attached hydrogens (tertiary/aromatic N) is 3. The number of nitroso groups, excluding NO2 is 1. The van der Waals surface area contributed by atoms with Crippen LogP contribution in [0.15, 0.2) is 5.18 Å². The van der Waals surface area contributed by atoms with Crippen molar-refractivity contribution < 1.29 is 64.5 Å². The lowest BCUT2D eigenvalue weighted by Gasteiger charge is -2.31. The lowest BCUT2D eigenvalue weighted by molar-refractivity contribution is -0.126. The maximum Gasteiger partial charge on any atom is 0.253 e. The Morgan fingerprint density at radius 2 is 0.897 bits per heavy atom. The van der Waals surface area contributed by atoms with Crippen LogP contribution in [0.2, 0.25) is 0 Å². The van der Waals surface area contributed by atoms with Gasteiger partial charge in [-0.15, -0.1) is 0 Å². The molecule has 320 valence electrons. The molecule has 0 aliphatic carbocycles. The Bertz CT molecular complexity index is 1940. The molecule has 0 saturated heterocycles. The number of aliphatic hydroxyl groups is 7. The van der Waals surface area contributed by atoms with Gasteiger partial charge in [-0.2, -0.15) is 4.91 Å². The van der Waals surface area contributed by atoms with Crippen LogP contribution in [0, 0.1) is 26.3 Å². The second kappa shape index (κ2) is 24.6. The van der Waals surface area contributed by atoms with Gasteiger partial charge in [0.05, 0.1) is 106 Å². The van der Waals surface area contributed by atoms with Crippen LogP contribution in [-0.2, 0) is 9.59 Å². The number of hydrogen-bond donors (Lipinski definition) is 11. The fourth-order valence-corrected chi connectivity index (χ4v) is 14.4. The second-order valence-electron chi connectivity index (χ2n) is 11.9. The van der Waals surface area contributed by atoms with E-state index in [9.17, 15) is 69.4 Å². The standard InChI is InChI=1S/C31H35I6N7O14/c32-20-16(28(38)54)22(34)26(24(36)18(20)30(56)40-2-11(49)7-46)43(4-10(6-45)42-58)14(52)1-15(53)44(5-13(51)9-48)27-23(35)17(29(39)55)21(33)19(25(27)37)31(57)41-3-12(50)8-47/h10-13,45-51H,1-9H2,(H2,38,54)(H2,39,55)(H,40,56)(H,41,57). The van der Waals surface area contributed by atoms with E-state index in [0.29, 0.717) is 0 Å². The molecule has 0 heterocycles. The molecule has 13 N–H and O–H groups in total. The van der Waals surface area contributed by atoms with Gasteiger partial charge in [0.15, 0.2) is 0 Å². The van der Waals surface area contributed by atoms with E-state index in [2.05, 4.69) is 15.8 Å². The molecule has 0 saturated carbocycles. The van der Waals surface area contributed by atoms with Crippen LogP contribution in [0.4, 0.5) is 11.4 Å². The minimum Gasteiger partial charge on any atom is -0.394 e. The number of anilines is 2. The van der Waals surface area contributed by atoms with Gasteiger partial charge < -0.3 is 67.6 Å². The van der Waals surface area contributed by atoms with Crippen molar-refractivity contribution in [2.45, 2.75) is 30.8 Å². The summed E-state index contributed by atoms with van der Waals surface area (Å²) in [5, 5.41) is 76.1. The molecule has 4 atom stereocenters. The number of halogens is 6. The van der Waals surface area contributed by atoms with Crippen LogP contribution in [-0.4, -0.2) is 148 Å². The quantitative estimate of drug-likeness (QED) is 0.0403. The zero-order valence-electron chi connectivity index (χ0n) is 29.4. The monoisotopic (exact) mass is 1490 g/mol. The molecular formula is C31H35I6N7O14. The van der Waals surface area contributed by atoms with Crippen molar-refractivity contribution in [3.8, 4) is 0 Å². The number of hydrogen-bond acceptors (Lipinski definition) is 15. The van der Waals surface area contributed by atoms with Crippen LogP contribution >= 0.6 is 136 Å². The first kappa shape index (κ1) is 53.1. The molecular weight excluding hydrogens is 1460 g/mol. The average molecular weight is 1490 g/mol. The summed E-state index contributed by atoms with van der Waals surface area (Å²) >= 11 is 10.1. The van der Waals surface area contributed by atoms with Crippen molar-refractivity contribution in [1.82, 2.24) is 10.6 Å². The van der Waals surface area contributed by atoms with E-state index in [1.54, 1.807) is 136 Å². The van der Waals surface area contributed by atoms with E-state index in [0.717, 1.165) is 9.80 Å². The van der Waals surface area contributed by atoms with Crippen molar-refractivity contribution in [3.63, 3.8) is 0 Å². The Morgan fingerprint density at radius 3 is 1.21 bits per heavy atom. The SMILES string of the molecule is NC(=O)c1c(I)c(C(=O)NCC(O)CO)c(I)c(N(CC(O)CO)C(=O)CC(=O)N(CC(CO)N=O)c2c(I)c(C(N)=O)c(I)c(C(=O)NCC(O)CO)c2I)c1I. The number of carbonyl (C=O) groups is 6. The van der Waals surface area contributed by atoms with Gasteiger partial charge in [-0.05, 0) is 136 Å². The summed E-state index contributed by atoms with van der Waals surface area (Å²) in [7, 11) is 0. The fraction of sp³-hybridized carbons (Fsp3) is 0.419. The second-order valence-corrected chi connectivity index (χ2v) is 18.3. The molecule has 0 spiro atoms. The van der Waals surface area contributed by atoms with Crippen LogP contribution in [0.5, 0.6) is 0 Å². The van der Waals surface area contributed by atoms with Gasteiger partial charge in [-0.25, -0.2) is 0 Å². The summed E-state index contributed by atoms with van der Waals surface area (Å²) in [6.07, 6.45) is -5.50. The van der Waals surface area contributed by atoms with Crippen LogP contribution < -0.4 is 31.9 Å². The molecule has 27 heteroatoms. The Morgan fingerprint density at radius 1 is 0.552 bits per heavy atom. The number of nitrogens with two attached hydrogens (primary N) is 2. The van der Waals surface area contributed by atoms with Crippen LogP contribution in [0.25, 0.3) is 0 Å². The summed E-state index contributed by atoms with van der Waals surface area (Å²) < 4.78 is 0.0164. The van der Waals surface area contributed by atoms with E-state index in [1.165, 1.54) is 0 Å². The number of aliphatic hydroxyl groups excluding tert-OH is 7. The number of amides is 6. The molecule has 0 aromatic heterocycles. The fourth-order valence-electron chi connectivity index (χ4n) is 4.89. The summed E-state index contributed by atoms with van der Waals surface area (Å²) in [5.74, 6) is -6.06. The summed E-state index contributed by atoms with van der Waals surface area (Å²) in [4.78, 5) is 94.8. The number of rotatable bonds is 21. The number of nitrogens with one attached hydrogen (secondary N) is 2. The first-order chi connectivity index (χ1) is 27.1. The lowest BCUT2D eigenvalue weighted by Crippen LogP contribution is -2.46. The molecule has 0 bridgehead atoms. The zero-order chi connectivity index (χ0) is 44.3. The Labute approximate surface area is 411 Å². The molecule has 0 fully saturated rings. The van der Waals surface area contributed by atoms with Crippen molar-refractivity contribution in [1.29, 1.82) is 0 Å². The van der Waals surface area contributed by atoms with Gasteiger partial charge in [-0.3, -0.25) is 28.8 Å². The van der Waals surface area contributed by atoms with E-state index < -0.39 is 119 Å². The Kier molecular flexibility index (Phi) is 22.5. The number of primary amides is 2. The van der Waals surface area contributed by atoms with Gasteiger partial charge in [0.25, 0.3) is 23.6 Å². The van der Waals surface area contributed by atoms with Gasteiger partial charge >= 0.3 is 0 Å². The Balaban J connectivity index is 2.94. The highest BCUT2D eigenvalue weighted by atomic mass is 127. The van der Waals surface area contributed by atoms with Crippen LogP contribution in [0.1, 0.15) is 47.9 Å². The molecule has 0 aliphatic rings. The smallest absolute Gasteiger partial charge is 0.253 e. The lowest BCUT2D eigenvalue weighted by atomic mass is 10.1. The predicted molar refractivity (Wildman–Crippen MR) is 256 cm³/mol. The average Bonchev–Trinajstić information content (AvgIpc) is 3.15. The Hall–Kier alpha value is -1.04. The zero-order valence-corrected chi connectivity index (χ0v) is 42.4.